The van der Waals surface area contributed by atoms with Gasteiger partial charge in [-0.3, -0.25) is 10.3 Å². The number of aryl methyl sites for hydroxylation is 1. The lowest BCUT2D eigenvalue weighted by Crippen LogP contribution is -2.21. The van der Waals surface area contributed by atoms with Crippen LogP contribution in [0.15, 0.2) is 42.7 Å². The van der Waals surface area contributed by atoms with Crippen molar-refractivity contribution < 1.29 is 13.2 Å². The van der Waals surface area contributed by atoms with Crippen molar-refractivity contribution in [1.82, 2.24) is 15.0 Å². The quantitative estimate of drug-likeness (QED) is 0.508. The number of carbonyl (C=O) groups is 1. The Bertz CT molecular complexity index is 1130. The molecule has 0 fully saturated rings. The van der Waals surface area contributed by atoms with Gasteiger partial charge in [0, 0.05) is 48.0 Å². The molecule has 0 radical (unpaired) electrons. The number of pyridine rings is 1. The predicted molar refractivity (Wildman–Crippen MR) is 114 cm³/mol. The van der Waals surface area contributed by atoms with Crippen LogP contribution in [0.3, 0.4) is 0 Å². The van der Waals surface area contributed by atoms with E-state index in [1.165, 1.54) is 6.26 Å². The zero-order valence-electron chi connectivity index (χ0n) is 16.1. The number of carbonyl (C=O) groups excluding carboxylic acids is 1. The number of nitrogens with one attached hydrogen (secondary N) is 3. The third-order valence-electron chi connectivity index (χ3n) is 3.98. The topological polar surface area (TPSA) is 126 Å². The Morgan fingerprint density at radius 3 is 2.69 bits per heavy atom. The number of anilines is 3. The number of urea groups is 1. The van der Waals surface area contributed by atoms with Crippen molar-refractivity contribution >= 4 is 44.1 Å². The van der Waals surface area contributed by atoms with Gasteiger partial charge in [-0.2, -0.15) is 4.98 Å². The van der Waals surface area contributed by atoms with E-state index in [-0.39, 0.29) is 11.7 Å². The molecular weight excluding hydrogens is 392 g/mol. The van der Waals surface area contributed by atoms with Crippen LogP contribution in [-0.2, 0) is 9.84 Å². The molecule has 0 aliphatic carbocycles. The van der Waals surface area contributed by atoms with E-state index >= 15 is 0 Å². The van der Waals surface area contributed by atoms with Crippen molar-refractivity contribution in [2.24, 2.45) is 0 Å². The lowest BCUT2D eigenvalue weighted by Gasteiger charge is -2.10. The maximum Gasteiger partial charge on any atom is 0.326 e. The summed E-state index contributed by atoms with van der Waals surface area (Å²) in [5.74, 6) is 0.761. The third kappa shape index (κ3) is 6.39. The van der Waals surface area contributed by atoms with Crippen LogP contribution in [-0.4, -0.2) is 48.0 Å². The van der Waals surface area contributed by atoms with Crippen molar-refractivity contribution in [3.63, 3.8) is 0 Å². The van der Waals surface area contributed by atoms with E-state index in [9.17, 15) is 13.2 Å². The minimum atomic E-state index is -3.00. The van der Waals surface area contributed by atoms with E-state index in [0.717, 1.165) is 10.8 Å². The molecule has 2 aromatic heterocycles. The minimum absolute atomic E-state index is 0.0966. The van der Waals surface area contributed by atoms with Crippen LogP contribution in [0, 0.1) is 6.92 Å². The maximum absolute atomic E-state index is 12.3. The van der Waals surface area contributed by atoms with Crippen molar-refractivity contribution in [3.8, 4) is 0 Å². The molecule has 29 heavy (non-hydrogen) atoms. The van der Waals surface area contributed by atoms with Crippen molar-refractivity contribution in [1.29, 1.82) is 0 Å². The Morgan fingerprint density at radius 1 is 1.07 bits per heavy atom. The molecule has 10 heteroatoms. The smallest absolute Gasteiger partial charge is 0.326 e. The Balaban J connectivity index is 1.61. The molecule has 1 aromatic carbocycles. The zero-order chi connectivity index (χ0) is 20.9. The van der Waals surface area contributed by atoms with Gasteiger partial charge in [0.25, 0.3) is 0 Å². The monoisotopic (exact) mass is 414 g/mol. The SMILES string of the molecule is Cc1cc(NCCCS(C)(=O)=O)nc(NC(=O)Nc2ccc3cnccc3c2)n1. The molecular formula is C19H22N6O3S. The summed E-state index contributed by atoms with van der Waals surface area (Å²) < 4.78 is 22.4. The number of hydrogen-bond acceptors (Lipinski definition) is 7. The number of fused-ring (bicyclic) bond motifs is 1. The normalized spacial score (nSPS) is 11.2. The van der Waals surface area contributed by atoms with Gasteiger partial charge in [0.1, 0.15) is 15.7 Å². The molecule has 3 rings (SSSR count). The van der Waals surface area contributed by atoms with E-state index in [2.05, 4.69) is 30.9 Å². The van der Waals surface area contributed by atoms with Crippen LogP contribution in [0.25, 0.3) is 10.8 Å². The number of aromatic nitrogens is 3. The fraction of sp³-hybridized carbons (Fsp3) is 0.263. The van der Waals surface area contributed by atoms with Gasteiger partial charge >= 0.3 is 6.03 Å². The first kappa shape index (κ1) is 20.5. The highest BCUT2D eigenvalue weighted by Crippen LogP contribution is 2.18. The van der Waals surface area contributed by atoms with Crippen LogP contribution in [0.1, 0.15) is 12.1 Å². The molecule has 0 aliphatic heterocycles. The zero-order valence-corrected chi connectivity index (χ0v) is 17.0. The van der Waals surface area contributed by atoms with Gasteiger partial charge in [-0.1, -0.05) is 6.07 Å². The predicted octanol–water partition coefficient (Wildman–Crippen LogP) is 2.82. The molecule has 0 aliphatic rings. The third-order valence-corrected chi connectivity index (χ3v) is 5.01. The van der Waals surface area contributed by atoms with Crippen LogP contribution in [0.4, 0.5) is 22.2 Å². The highest BCUT2D eigenvalue weighted by atomic mass is 32.2. The summed E-state index contributed by atoms with van der Waals surface area (Å²) in [7, 11) is -3.00. The van der Waals surface area contributed by atoms with Crippen LogP contribution in [0.5, 0.6) is 0 Å². The van der Waals surface area contributed by atoms with Gasteiger partial charge < -0.3 is 10.6 Å². The van der Waals surface area contributed by atoms with Crippen LogP contribution >= 0.6 is 0 Å². The molecule has 3 aromatic rings. The van der Waals surface area contributed by atoms with Crippen molar-refractivity contribution in [2.75, 3.05) is 34.5 Å². The summed E-state index contributed by atoms with van der Waals surface area (Å²) in [5.41, 5.74) is 1.30. The summed E-state index contributed by atoms with van der Waals surface area (Å²) in [6, 6.07) is 8.63. The van der Waals surface area contributed by atoms with Crippen LogP contribution < -0.4 is 16.0 Å². The fourth-order valence-electron chi connectivity index (χ4n) is 2.69. The van der Waals surface area contributed by atoms with Gasteiger partial charge in [-0.15, -0.1) is 0 Å². The summed E-state index contributed by atoms with van der Waals surface area (Å²) in [4.78, 5) is 24.8. The molecule has 0 saturated heterocycles. The lowest BCUT2D eigenvalue weighted by atomic mass is 10.1. The van der Waals surface area contributed by atoms with E-state index in [1.807, 2.05) is 18.2 Å². The van der Waals surface area contributed by atoms with Crippen molar-refractivity contribution in [2.45, 2.75) is 13.3 Å². The molecule has 152 valence electrons. The number of hydrogen-bond donors (Lipinski definition) is 3. The molecule has 0 bridgehead atoms. The first-order valence-electron chi connectivity index (χ1n) is 8.97. The fourth-order valence-corrected chi connectivity index (χ4v) is 3.36. The molecule has 3 N–H and O–H groups in total. The number of amides is 2. The number of benzene rings is 1. The standard InChI is InChI=1S/C19H22N6O3S/c1-13-10-17(21-7-3-9-29(2,27)28)24-18(22-13)25-19(26)23-16-5-4-15-12-20-8-6-14(15)11-16/h4-6,8,10-12H,3,7,9H2,1-2H3,(H3,21,22,23,24,25,26). The number of nitrogens with zero attached hydrogens (tertiary/aromatic N) is 3. The van der Waals surface area contributed by atoms with Crippen molar-refractivity contribution in [3.05, 3.63) is 48.4 Å². The summed E-state index contributed by atoms with van der Waals surface area (Å²) in [5, 5.41) is 10.4. The molecule has 2 heterocycles. The largest absolute Gasteiger partial charge is 0.370 e. The molecule has 2 amide bonds. The summed E-state index contributed by atoms with van der Waals surface area (Å²) >= 11 is 0. The Morgan fingerprint density at radius 2 is 1.90 bits per heavy atom. The first-order chi connectivity index (χ1) is 13.8. The number of sulfone groups is 1. The second-order valence-electron chi connectivity index (χ2n) is 6.65. The van der Waals surface area contributed by atoms with Gasteiger partial charge in [-0.25, -0.2) is 18.2 Å². The molecule has 0 atom stereocenters. The lowest BCUT2D eigenvalue weighted by molar-refractivity contribution is 0.262. The highest BCUT2D eigenvalue weighted by Gasteiger charge is 2.08. The van der Waals surface area contributed by atoms with Gasteiger partial charge in [0.15, 0.2) is 0 Å². The highest BCUT2D eigenvalue weighted by molar-refractivity contribution is 7.90. The first-order valence-corrected chi connectivity index (χ1v) is 11.0. The van der Waals surface area contributed by atoms with E-state index < -0.39 is 15.9 Å². The average molecular weight is 414 g/mol. The maximum atomic E-state index is 12.3. The Labute approximate surface area is 168 Å². The molecule has 9 nitrogen and oxygen atoms in total. The second-order valence-corrected chi connectivity index (χ2v) is 8.90. The average Bonchev–Trinajstić information content (AvgIpc) is 2.64. The minimum Gasteiger partial charge on any atom is -0.370 e. The van der Waals surface area contributed by atoms with Crippen LogP contribution in [0.2, 0.25) is 0 Å². The Kier molecular flexibility index (Phi) is 6.23. The number of rotatable bonds is 7. The molecule has 0 saturated carbocycles. The van der Waals surface area contributed by atoms with Gasteiger partial charge in [-0.05, 0) is 36.9 Å². The van der Waals surface area contributed by atoms with E-state index in [4.69, 9.17) is 0 Å². The van der Waals surface area contributed by atoms with E-state index in [0.29, 0.717) is 30.2 Å². The Hall–Kier alpha value is -3.27. The summed E-state index contributed by atoms with van der Waals surface area (Å²) in [6.45, 7) is 2.23. The van der Waals surface area contributed by atoms with E-state index in [1.54, 1.807) is 31.5 Å². The van der Waals surface area contributed by atoms with Gasteiger partial charge in [0.2, 0.25) is 5.95 Å². The summed E-state index contributed by atoms with van der Waals surface area (Å²) in [6.07, 6.45) is 5.11. The molecule has 0 spiro atoms. The molecule has 0 unspecified atom stereocenters. The second kappa shape index (κ2) is 8.82. The van der Waals surface area contributed by atoms with Gasteiger partial charge in [0.05, 0.1) is 5.75 Å².